The van der Waals surface area contributed by atoms with Crippen LogP contribution in [0.3, 0.4) is 0 Å². The second kappa shape index (κ2) is 96.4. The van der Waals surface area contributed by atoms with Crippen LogP contribution in [-0.2, 0) is 64.3 Å². The molecule has 1 aromatic heterocycles. The van der Waals surface area contributed by atoms with Crippen LogP contribution >= 0.6 is 0 Å². The fourth-order valence-electron chi connectivity index (χ4n) is 14.0. The van der Waals surface area contributed by atoms with E-state index in [4.69, 9.17) is 66.2 Å². The van der Waals surface area contributed by atoms with E-state index in [-0.39, 0.29) is 36.1 Å². The number of ether oxygens (including phenoxy) is 2. The first kappa shape index (κ1) is 131. The molecule has 2 heterocycles. The maximum atomic E-state index is 10.3. The minimum Gasteiger partial charge on any atom is -0.390 e. The number of hydrogen-bond acceptors (Lipinski definition) is 32. The largest absolute Gasteiger partial charge is 0.390 e. The molecule has 0 radical (unpaired) electrons. The first-order chi connectivity index (χ1) is 65.3. The van der Waals surface area contributed by atoms with E-state index in [1.807, 2.05) is 68.6 Å². The van der Waals surface area contributed by atoms with Crippen LogP contribution in [0.15, 0.2) is 139 Å². The van der Waals surface area contributed by atoms with Gasteiger partial charge in [0.2, 0.25) is 0 Å². The summed E-state index contributed by atoms with van der Waals surface area (Å²) in [4.78, 5) is 93.3. The highest BCUT2D eigenvalue weighted by atomic mass is 16.5. The summed E-state index contributed by atoms with van der Waals surface area (Å²) in [6.45, 7) is 41.9. The molecule has 3 aromatic carbocycles. The van der Waals surface area contributed by atoms with Crippen LogP contribution < -0.4 is 78.2 Å². The first-order valence-electron chi connectivity index (χ1n) is 49.3. The van der Waals surface area contributed by atoms with E-state index in [1.165, 1.54) is 106 Å². The number of nitrogens with two attached hydrogens (primary N) is 9. The minimum atomic E-state index is -0.509. The van der Waals surface area contributed by atoms with E-state index < -0.39 is 6.10 Å². The van der Waals surface area contributed by atoms with Crippen molar-refractivity contribution in [1.82, 2.24) is 41.4 Å². The quantitative estimate of drug-likeness (QED) is 0.0112. The summed E-state index contributed by atoms with van der Waals surface area (Å²) in [6.07, 6.45) is 36.8. The molecule has 4 aromatic rings. The predicted octanol–water partition coefficient (Wildman–Crippen LogP) is 8.61. The number of carbonyl (C=O) groups is 6. The third kappa shape index (κ3) is 91.0. The summed E-state index contributed by atoms with van der Waals surface area (Å²) in [5, 5.41) is 25.5. The number of unbranched alkanes of at least 4 members (excludes halogenated alkanes) is 3. The van der Waals surface area contributed by atoms with Crippen molar-refractivity contribution in [2.24, 2.45) is 104 Å². The number of aliphatic hydroxyl groups is 1. The zero-order valence-corrected chi connectivity index (χ0v) is 84.6. The highest BCUT2D eigenvalue weighted by molar-refractivity contribution is 6.14. The average Bonchev–Trinajstić information content (AvgIpc) is 0.881. The SMILES string of the molecule is CC(C)(Cc1ccc(N=CC=O)cc1)N=CC=O.CC(CCN)CC(C)(C)CN.CC(CN)CC(C)(C)CCN.CN(CCCN)CCCN.NCC(O)CN.NCCCNC1CCCCC1.O=CC=NC1CCC(N=CC=O)CC1.O=CC=NCCCCCCN=CC=O.c1ccc(CNCCN2CCNCC2)nc1.c1ccc(CNCCOCCOCCNCc2ccccc2)cc1. The van der Waals surface area contributed by atoms with Gasteiger partial charge >= 0.3 is 0 Å². The monoisotopic (exact) mass is 1890 g/mol. The van der Waals surface area contributed by atoms with Gasteiger partial charge in [-0.2, -0.15) is 0 Å². The number of nitrogens with zero attached hydrogens (tertiary/aromatic N) is 9. The van der Waals surface area contributed by atoms with Crippen molar-refractivity contribution in [1.29, 1.82) is 0 Å². The number of aldehydes is 6. The van der Waals surface area contributed by atoms with Crippen molar-refractivity contribution in [3.05, 3.63) is 132 Å². The van der Waals surface area contributed by atoms with Gasteiger partial charge in [0, 0.05) is 110 Å². The number of carbonyl (C=O) groups excluding carboxylic acids is 6. The fraction of sp³-hybridized carbons (Fsp3) is 0.660. The molecule has 24 N–H and O–H groups in total. The molecule has 0 spiro atoms. The molecule has 0 bridgehead atoms. The van der Waals surface area contributed by atoms with Crippen molar-refractivity contribution in [2.45, 2.75) is 240 Å². The zero-order valence-electron chi connectivity index (χ0n) is 84.6. The Labute approximate surface area is 814 Å². The van der Waals surface area contributed by atoms with Crippen molar-refractivity contribution in [3.63, 3.8) is 0 Å². The molecule has 0 amide bonds. The molecule has 32 heteroatoms. The van der Waals surface area contributed by atoms with Gasteiger partial charge in [-0.15, -0.1) is 0 Å². The third-order valence-electron chi connectivity index (χ3n) is 21.5. The number of rotatable bonds is 59. The summed E-state index contributed by atoms with van der Waals surface area (Å²) in [5.74, 6) is 1.33. The summed E-state index contributed by atoms with van der Waals surface area (Å²) in [5.41, 5.74) is 54.0. The molecule has 135 heavy (non-hydrogen) atoms. The van der Waals surface area contributed by atoms with E-state index in [9.17, 15) is 28.8 Å². The maximum absolute atomic E-state index is 10.3. The van der Waals surface area contributed by atoms with Crippen molar-refractivity contribution in [3.8, 4) is 0 Å². The molecule has 2 atom stereocenters. The van der Waals surface area contributed by atoms with Gasteiger partial charge in [0.25, 0.3) is 0 Å². The number of hydrogen-bond donors (Lipinski definition) is 15. The Balaban J connectivity index is -0.00000146. The number of aliphatic imine (C=N–C) groups is 6. The van der Waals surface area contributed by atoms with Gasteiger partial charge in [-0.05, 0) is 253 Å². The summed E-state index contributed by atoms with van der Waals surface area (Å²) in [6, 6.07) is 35.7. The van der Waals surface area contributed by atoms with Crippen LogP contribution in [0.2, 0.25) is 0 Å². The maximum Gasteiger partial charge on any atom is 0.161 e. The Morgan fingerprint density at radius 3 is 1.43 bits per heavy atom. The van der Waals surface area contributed by atoms with Crippen LogP contribution in [-0.4, -0.2) is 302 Å². The summed E-state index contributed by atoms with van der Waals surface area (Å²) in [7, 11) is 2.10. The van der Waals surface area contributed by atoms with Crippen LogP contribution in [0.5, 0.6) is 0 Å². The number of pyridine rings is 1. The normalized spacial score (nSPS) is 15.1. The van der Waals surface area contributed by atoms with E-state index >= 15 is 0 Å². The predicted molar refractivity (Wildman–Crippen MR) is 567 cm³/mol. The molecule has 768 valence electrons. The Kier molecular flexibility index (Phi) is 93.7. The van der Waals surface area contributed by atoms with E-state index in [0.717, 1.165) is 250 Å². The summed E-state index contributed by atoms with van der Waals surface area (Å²) < 4.78 is 11.1. The van der Waals surface area contributed by atoms with Crippen LogP contribution in [0.25, 0.3) is 0 Å². The van der Waals surface area contributed by atoms with Gasteiger partial charge in [-0.3, -0.25) is 68.6 Å². The van der Waals surface area contributed by atoms with E-state index in [2.05, 4.69) is 175 Å². The summed E-state index contributed by atoms with van der Waals surface area (Å²) >= 11 is 0. The number of benzene rings is 3. The number of aliphatic hydroxyl groups excluding tert-OH is 1. The highest BCUT2D eigenvalue weighted by Crippen LogP contribution is 2.29. The molecular formula is C103H187N23O9. The number of piperazine rings is 1. The third-order valence-corrected chi connectivity index (χ3v) is 21.5. The molecule has 1 saturated heterocycles. The van der Waals surface area contributed by atoms with Gasteiger partial charge in [0.1, 0.15) is 0 Å². The van der Waals surface area contributed by atoms with Gasteiger partial charge < -0.3 is 97.7 Å². The molecule has 2 unspecified atom stereocenters. The Hall–Kier alpha value is -7.91. The highest BCUT2D eigenvalue weighted by Gasteiger charge is 2.22. The molecule has 2 saturated carbocycles. The Morgan fingerprint density at radius 2 is 0.993 bits per heavy atom. The second-order valence-corrected chi connectivity index (χ2v) is 35.9. The standard InChI is InChI=1S/C20H28N2O2.C14H16N2O2.C12H20N4.C10H14N2O2.C10H16N2O2.C9H20N2.2C9H22N2.C7H19N3.C3H10N2O/c1-3-7-19(8-4-1)17-21-11-13-23-15-16-24-14-12-22-18-20-9-5-2-6-10-20;1-14(2,16-8-10-18)11-12-3-5-13(6-4-12)15-7-9-17;1-2-4-15-12(3-1)11-14-7-10-16-8-5-13-6-9-16;13-7-5-11-9-1-2-10(4-3-9)12-6-8-14;13-9-7-11-5-3-1-2-4-6-12-8-10-14;10-7-4-8-11-9-5-2-1-3-6-9;1-8(7-11)6-9(2,3)4-5-10;1-8(4-5-10)6-9(2,3)7-11;1-10(6-2-4-8)7-3-5-9;4-1-3(6)2-5/h1-10,21-22H,11-18H2;3-10H,11H2,1-2H3;1-4,13-14H,5-11H2;5-10H,1-4H2;7-10H,1-6H2;9,11H,1-8,10H2;2*8H,4-7,10-11H2,1-3H3;2-9H2,1H3;3,6H,1-2,4-5H2. The van der Waals surface area contributed by atoms with Crippen molar-refractivity contribution < 1.29 is 43.3 Å². The van der Waals surface area contributed by atoms with Gasteiger partial charge in [0.15, 0.2) is 37.7 Å². The van der Waals surface area contributed by atoms with Crippen LogP contribution in [0.1, 0.15) is 206 Å². The average molecular weight is 1890 g/mol. The fourth-order valence-corrected chi connectivity index (χ4v) is 14.0. The van der Waals surface area contributed by atoms with Gasteiger partial charge in [-0.25, -0.2) is 0 Å². The van der Waals surface area contributed by atoms with Crippen molar-refractivity contribution in [2.75, 3.05) is 177 Å². The molecular weight excluding hydrogens is 1700 g/mol. The minimum absolute atomic E-state index is 0.260. The van der Waals surface area contributed by atoms with E-state index in [1.54, 1.807) is 0 Å². The smallest absolute Gasteiger partial charge is 0.161 e. The number of nitrogens with one attached hydrogen (secondary N) is 5. The van der Waals surface area contributed by atoms with Crippen molar-refractivity contribution >= 4 is 80.7 Å². The second-order valence-electron chi connectivity index (χ2n) is 35.9. The van der Waals surface area contributed by atoms with Crippen LogP contribution in [0.4, 0.5) is 5.69 Å². The Morgan fingerprint density at radius 1 is 0.504 bits per heavy atom. The lowest BCUT2D eigenvalue weighted by Crippen LogP contribution is -2.45. The van der Waals surface area contributed by atoms with E-state index in [0.29, 0.717) is 81.4 Å². The Bertz CT molecular complexity index is 3350. The lowest BCUT2D eigenvalue weighted by molar-refractivity contribution is -0.103. The molecule has 3 aliphatic rings. The lowest BCUT2D eigenvalue weighted by Gasteiger charge is -2.27. The van der Waals surface area contributed by atoms with Crippen LogP contribution in [0, 0.1) is 22.7 Å². The van der Waals surface area contributed by atoms with Gasteiger partial charge in [0.05, 0.1) is 98.8 Å². The topological polar surface area (TPSA) is 529 Å². The molecule has 3 fully saturated rings. The lowest BCUT2D eigenvalue weighted by atomic mass is 9.81. The molecule has 2 aliphatic carbocycles. The molecule has 1 aliphatic heterocycles. The zero-order chi connectivity index (χ0) is 100. The molecule has 7 rings (SSSR count). The first-order valence-corrected chi connectivity index (χ1v) is 49.3. The molecule has 32 nitrogen and oxygen atoms in total. The number of aromatic nitrogens is 1. The van der Waals surface area contributed by atoms with Gasteiger partial charge in [-0.1, -0.05) is 153 Å².